The van der Waals surface area contributed by atoms with Crippen molar-refractivity contribution in [2.24, 2.45) is 5.41 Å². The van der Waals surface area contributed by atoms with Gasteiger partial charge in [0.05, 0.1) is 6.61 Å². The van der Waals surface area contributed by atoms with Crippen molar-refractivity contribution < 1.29 is 9.53 Å². The maximum absolute atomic E-state index is 11.5. The SMILES string of the molecule is CC(C)NC(=O)OCC1(Cc2cccc(Cl)c2)CC1. The van der Waals surface area contributed by atoms with Crippen LogP contribution in [-0.2, 0) is 11.2 Å². The van der Waals surface area contributed by atoms with Crippen molar-refractivity contribution in [2.45, 2.75) is 39.2 Å². The van der Waals surface area contributed by atoms with Gasteiger partial charge in [-0.1, -0.05) is 23.7 Å². The van der Waals surface area contributed by atoms with Gasteiger partial charge in [0.1, 0.15) is 0 Å². The van der Waals surface area contributed by atoms with Crippen LogP contribution in [0.25, 0.3) is 0 Å². The average Bonchev–Trinajstić information content (AvgIpc) is 3.06. The number of carbonyl (C=O) groups is 1. The molecule has 1 aromatic carbocycles. The molecule has 4 heteroatoms. The first-order valence-corrected chi connectivity index (χ1v) is 7.05. The van der Waals surface area contributed by atoms with E-state index in [1.54, 1.807) is 0 Å². The highest BCUT2D eigenvalue weighted by molar-refractivity contribution is 6.30. The van der Waals surface area contributed by atoms with Crippen LogP contribution in [0.4, 0.5) is 4.79 Å². The minimum atomic E-state index is -0.327. The summed E-state index contributed by atoms with van der Waals surface area (Å²) in [6, 6.07) is 7.99. The molecule has 1 aliphatic carbocycles. The second-order valence-electron chi connectivity index (χ2n) is 5.68. The van der Waals surface area contributed by atoms with Crippen molar-refractivity contribution in [3.63, 3.8) is 0 Å². The molecule has 1 fully saturated rings. The van der Waals surface area contributed by atoms with Crippen LogP contribution >= 0.6 is 11.6 Å². The molecule has 19 heavy (non-hydrogen) atoms. The third-order valence-electron chi connectivity index (χ3n) is 3.34. The topological polar surface area (TPSA) is 38.3 Å². The van der Waals surface area contributed by atoms with Crippen LogP contribution in [0.3, 0.4) is 0 Å². The number of hydrogen-bond donors (Lipinski definition) is 1. The quantitative estimate of drug-likeness (QED) is 0.891. The first-order valence-electron chi connectivity index (χ1n) is 6.67. The Morgan fingerprint density at radius 1 is 1.47 bits per heavy atom. The van der Waals surface area contributed by atoms with Crippen LogP contribution in [0.1, 0.15) is 32.3 Å². The van der Waals surface area contributed by atoms with Crippen molar-refractivity contribution in [1.82, 2.24) is 5.32 Å². The maximum atomic E-state index is 11.5. The average molecular weight is 282 g/mol. The van der Waals surface area contributed by atoms with Crippen molar-refractivity contribution in [3.05, 3.63) is 34.9 Å². The summed E-state index contributed by atoms with van der Waals surface area (Å²) in [5, 5.41) is 3.49. The van der Waals surface area contributed by atoms with Crippen LogP contribution in [-0.4, -0.2) is 18.7 Å². The van der Waals surface area contributed by atoms with E-state index in [9.17, 15) is 4.79 Å². The van der Waals surface area contributed by atoms with Crippen LogP contribution in [0.15, 0.2) is 24.3 Å². The Morgan fingerprint density at radius 3 is 2.79 bits per heavy atom. The molecule has 1 N–H and O–H groups in total. The standard InChI is InChI=1S/C15H20ClNO2/c1-11(2)17-14(18)19-10-15(6-7-15)9-12-4-3-5-13(16)8-12/h3-5,8,11H,6-7,9-10H2,1-2H3,(H,17,18). The zero-order valence-corrected chi connectivity index (χ0v) is 12.2. The van der Waals surface area contributed by atoms with E-state index in [1.807, 2.05) is 32.0 Å². The lowest BCUT2D eigenvalue weighted by Crippen LogP contribution is -2.32. The lowest BCUT2D eigenvalue weighted by atomic mass is 9.97. The lowest BCUT2D eigenvalue weighted by molar-refractivity contribution is 0.118. The van der Waals surface area contributed by atoms with Gasteiger partial charge in [-0.2, -0.15) is 0 Å². The highest BCUT2D eigenvalue weighted by Gasteiger charge is 2.43. The summed E-state index contributed by atoms with van der Waals surface area (Å²) in [7, 11) is 0. The number of amides is 1. The summed E-state index contributed by atoms with van der Waals surface area (Å²) < 4.78 is 5.30. The van der Waals surface area contributed by atoms with Crippen molar-refractivity contribution in [2.75, 3.05) is 6.61 Å². The molecule has 3 nitrogen and oxygen atoms in total. The number of halogens is 1. The Morgan fingerprint density at radius 2 is 2.21 bits per heavy atom. The van der Waals surface area contributed by atoms with Gasteiger partial charge >= 0.3 is 6.09 Å². The molecule has 0 aliphatic heterocycles. The van der Waals surface area contributed by atoms with Gasteiger partial charge in [0.25, 0.3) is 0 Å². The van der Waals surface area contributed by atoms with Gasteiger partial charge in [0.15, 0.2) is 0 Å². The monoisotopic (exact) mass is 281 g/mol. The Balaban J connectivity index is 1.85. The van der Waals surface area contributed by atoms with Gasteiger partial charge in [-0.15, -0.1) is 0 Å². The number of benzene rings is 1. The van der Waals surface area contributed by atoms with E-state index in [0.29, 0.717) is 6.61 Å². The largest absolute Gasteiger partial charge is 0.449 e. The number of alkyl carbamates (subject to hydrolysis) is 1. The molecule has 1 saturated carbocycles. The van der Waals surface area contributed by atoms with E-state index in [2.05, 4.69) is 11.4 Å². The molecule has 0 unspecified atom stereocenters. The minimum Gasteiger partial charge on any atom is -0.449 e. The molecule has 0 saturated heterocycles. The molecular formula is C15H20ClNO2. The molecule has 2 rings (SSSR count). The van der Waals surface area contributed by atoms with E-state index in [-0.39, 0.29) is 17.6 Å². The fraction of sp³-hybridized carbons (Fsp3) is 0.533. The first kappa shape index (κ1) is 14.2. The molecule has 1 aliphatic rings. The van der Waals surface area contributed by atoms with E-state index in [1.165, 1.54) is 5.56 Å². The second-order valence-corrected chi connectivity index (χ2v) is 6.12. The molecule has 1 amide bonds. The maximum Gasteiger partial charge on any atom is 0.407 e. The molecule has 0 atom stereocenters. The van der Waals surface area contributed by atoms with Crippen LogP contribution in [0.2, 0.25) is 5.02 Å². The first-order chi connectivity index (χ1) is 8.99. The van der Waals surface area contributed by atoms with Gasteiger partial charge < -0.3 is 10.1 Å². The van der Waals surface area contributed by atoms with Crippen LogP contribution < -0.4 is 5.32 Å². The molecule has 0 radical (unpaired) electrons. The zero-order valence-electron chi connectivity index (χ0n) is 11.4. The highest BCUT2D eigenvalue weighted by Crippen LogP contribution is 2.48. The number of nitrogens with one attached hydrogen (secondary N) is 1. The predicted molar refractivity (Wildman–Crippen MR) is 76.4 cm³/mol. The number of carbonyl (C=O) groups excluding carboxylic acids is 1. The molecule has 0 aromatic heterocycles. The second kappa shape index (κ2) is 5.83. The van der Waals surface area contributed by atoms with E-state index in [4.69, 9.17) is 16.3 Å². The summed E-state index contributed by atoms with van der Waals surface area (Å²) in [6.45, 7) is 4.32. The number of hydrogen-bond acceptors (Lipinski definition) is 2. The molecule has 0 spiro atoms. The smallest absolute Gasteiger partial charge is 0.407 e. The highest BCUT2D eigenvalue weighted by atomic mass is 35.5. The minimum absolute atomic E-state index is 0.107. The van der Waals surface area contributed by atoms with Gasteiger partial charge in [0.2, 0.25) is 0 Å². The van der Waals surface area contributed by atoms with Crippen LogP contribution in [0.5, 0.6) is 0 Å². The predicted octanol–water partition coefficient (Wildman–Crippen LogP) is 3.80. The van der Waals surface area contributed by atoms with E-state index >= 15 is 0 Å². The number of ether oxygens (including phenoxy) is 1. The fourth-order valence-electron chi connectivity index (χ4n) is 2.12. The Kier molecular flexibility index (Phi) is 4.35. The molecule has 1 aromatic rings. The number of rotatable bonds is 5. The molecule has 0 heterocycles. The Bertz CT molecular complexity index is 455. The van der Waals surface area contributed by atoms with Gasteiger partial charge in [-0.05, 0) is 50.8 Å². The normalized spacial score (nSPS) is 16.2. The third kappa shape index (κ3) is 4.43. The summed E-state index contributed by atoms with van der Waals surface area (Å²) in [5.74, 6) is 0. The summed E-state index contributed by atoms with van der Waals surface area (Å²) in [5.41, 5.74) is 1.33. The van der Waals surface area contributed by atoms with Crippen molar-refractivity contribution >= 4 is 17.7 Å². The summed E-state index contributed by atoms with van der Waals surface area (Å²) in [6.07, 6.45) is 2.80. The fourth-order valence-corrected chi connectivity index (χ4v) is 2.34. The van der Waals surface area contributed by atoms with E-state index in [0.717, 1.165) is 24.3 Å². The van der Waals surface area contributed by atoms with Crippen LogP contribution in [0, 0.1) is 5.41 Å². The van der Waals surface area contributed by atoms with Gasteiger partial charge in [-0.25, -0.2) is 4.79 Å². The molecule has 104 valence electrons. The lowest BCUT2D eigenvalue weighted by Gasteiger charge is -2.16. The van der Waals surface area contributed by atoms with Crippen molar-refractivity contribution in [1.29, 1.82) is 0 Å². The summed E-state index contributed by atoms with van der Waals surface area (Å²) in [4.78, 5) is 11.5. The Hall–Kier alpha value is -1.22. The summed E-state index contributed by atoms with van der Waals surface area (Å²) >= 11 is 5.98. The van der Waals surface area contributed by atoms with Gasteiger partial charge in [-0.3, -0.25) is 0 Å². The third-order valence-corrected chi connectivity index (χ3v) is 3.58. The van der Waals surface area contributed by atoms with Gasteiger partial charge in [0, 0.05) is 16.5 Å². The molecule has 0 bridgehead atoms. The Labute approximate surface area is 119 Å². The zero-order chi connectivity index (χ0) is 13.9. The van der Waals surface area contributed by atoms with E-state index < -0.39 is 0 Å². The molecular weight excluding hydrogens is 262 g/mol. The van der Waals surface area contributed by atoms with Crippen molar-refractivity contribution in [3.8, 4) is 0 Å².